The van der Waals surface area contributed by atoms with Gasteiger partial charge in [0.25, 0.3) is 0 Å². The lowest BCUT2D eigenvalue weighted by Gasteiger charge is -2.20. The molecule has 134 valence electrons. The Balaban J connectivity index is 1.54. The van der Waals surface area contributed by atoms with Gasteiger partial charge in [0.1, 0.15) is 0 Å². The molecular formula is C21H19N5O. The third kappa shape index (κ3) is 3.03. The van der Waals surface area contributed by atoms with Crippen molar-refractivity contribution in [2.45, 2.75) is 31.7 Å². The van der Waals surface area contributed by atoms with Gasteiger partial charge in [-0.1, -0.05) is 41.9 Å². The van der Waals surface area contributed by atoms with Gasteiger partial charge in [-0.15, -0.1) is 0 Å². The van der Waals surface area contributed by atoms with E-state index in [4.69, 9.17) is 4.52 Å². The van der Waals surface area contributed by atoms with Crippen molar-refractivity contribution in [1.29, 1.82) is 0 Å². The summed E-state index contributed by atoms with van der Waals surface area (Å²) in [6, 6.07) is 14.2. The first-order valence-corrected chi connectivity index (χ1v) is 9.22. The van der Waals surface area contributed by atoms with E-state index in [1.165, 1.54) is 6.42 Å². The molecule has 1 aromatic carbocycles. The van der Waals surface area contributed by atoms with Crippen LogP contribution in [-0.2, 0) is 6.54 Å². The molecule has 0 unspecified atom stereocenters. The quantitative estimate of drug-likeness (QED) is 0.532. The van der Waals surface area contributed by atoms with Crippen molar-refractivity contribution in [3.8, 4) is 22.5 Å². The number of hydrogen-bond acceptors (Lipinski definition) is 5. The maximum atomic E-state index is 5.47. The van der Waals surface area contributed by atoms with E-state index in [0.717, 1.165) is 41.2 Å². The largest absolute Gasteiger partial charge is 0.339 e. The molecule has 0 spiro atoms. The SMILES string of the molecule is c1ccc(-c2ncn(Cc3noc(C4CCC4)n3)c2-c2ccncc2)cc1. The number of rotatable bonds is 5. The Hall–Kier alpha value is -3.28. The van der Waals surface area contributed by atoms with E-state index in [0.29, 0.717) is 18.3 Å². The molecule has 27 heavy (non-hydrogen) atoms. The summed E-state index contributed by atoms with van der Waals surface area (Å²) in [4.78, 5) is 13.4. The molecular weight excluding hydrogens is 338 g/mol. The lowest BCUT2D eigenvalue weighted by atomic mass is 9.85. The number of hydrogen-bond donors (Lipinski definition) is 0. The summed E-state index contributed by atoms with van der Waals surface area (Å²) < 4.78 is 7.55. The highest BCUT2D eigenvalue weighted by Crippen LogP contribution is 2.35. The second-order valence-corrected chi connectivity index (χ2v) is 6.85. The fourth-order valence-electron chi connectivity index (χ4n) is 3.43. The molecule has 4 aromatic rings. The van der Waals surface area contributed by atoms with Crippen molar-refractivity contribution in [1.82, 2.24) is 24.7 Å². The van der Waals surface area contributed by atoms with Crippen LogP contribution in [-0.4, -0.2) is 24.7 Å². The second kappa shape index (κ2) is 6.79. The Bertz CT molecular complexity index is 1030. The Kier molecular flexibility index (Phi) is 4.01. The number of imidazole rings is 1. The zero-order chi connectivity index (χ0) is 18.1. The minimum atomic E-state index is 0.439. The van der Waals surface area contributed by atoms with Crippen LogP contribution in [0.3, 0.4) is 0 Å². The Morgan fingerprint density at radius 1 is 1.00 bits per heavy atom. The van der Waals surface area contributed by atoms with Crippen molar-refractivity contribution < 1.29 is 4.52 Å². The summed E-state index contributed by atoms with van der Waals surface area (Å²) in [6.45, 7) is 0.522. The maximum absolute atomic E-state index is 5.47. The van der Waals surface area contributed by atoms with Crippen LogP contribution in [0.4, 0.5) is 0 Å². The average molecular weight is 357 g/mol. The highest BCUT2D eigenvalue weighted by molar-refractivity contribution is 5.78. The third-order valence-electron chi connectivity index (χ3n) is 5.09. The molecule has 3 heterocycles. The predicted molar refractivity (Wildman–Crippen MR) is 101 cm³/mol. The van der Waals surface area contributed by atoms with Crippen LogP contribution in [0.5, 0.6) is 0 Å². The number of nitrogens with zero attached hydrogens (tertiary/aromatic N) is 5. The molecule has 1 saturated carbocycles. The summed E-state index contributed by atoms with van der Waals surface area (Å²) in [7, 11) is 0. The molecule has 0 saturated heterocycles. The molecule has 1 fully saturated rings. The zero-order valence-corrected chi connectivity index (χ0v) is 14.8. The van der Waals surface area contributed by atoms with Crippen LogP contribution in [0.2, 0.25) is 0 Å². The van der Waals surface area contributed by atoms with E-state index >= 15 is 0 Å². The van der Waals surface area contributed by atoms with E-state index in [-0.39, 0.29) is 0 Å². The molecule has 0 amide bonds. The van der Waals surface area contributed by atoms with Crippen molar-refractivity contribution in [3.63, 3.8) is 0 Å². The van der Waals surface area contributed by atoms with Gasteiger partial charge in [-0.05, 0) is 25.0 Å². The first-order chi connectivity index (χ1) is 13.4. The number of pyridine rings is 1. The monoisotopic (exact) mass is 357 g/mol. The molecule has 6 heteroatoms. The zero-order valence-electron chi connectivity index (χ0n) is 14.8. The van der Waals surface area contributed by atoms with Crippen molar-refractivity contribution >= 4 is 0 Å². The highest BCUT2D eigenvalue weighted by Gasteiger charge is 2.25. The molecule has 3 aromatic heterocycles. The summed E-state index contributed by atoms with van der Waals surface area (Å²) >= 11 is 0. The van der Waals surface area contributed by atoms with Gasteiger partial charge in [0.2, 0.25) is 5.89 Å². The minimum absolute atomic E-state index is 0.439. The first-order valence-electron chi connectivity index (χ1n) is 9.22. The van der Waals surface area contributed by atoms with E-state index in [1.807, 2.05) is 36.7 Å². The minimum Gasteiger partial charge on any atom is -0.339 e. The number of aromatic nitrogens is 5. The van der Waals surface area contributed by atoms with Gasteiger partial charge in [0, 0.05) is 29.4 Å². The fraction of sp³-hybridized carbons (Fsp3) is 0.238. The average Bonchev–Trinajstić information content (AvgIpc) is 3.29. The lowest BCUT2D eigenvalue weighted by Crippen LogP contribution is -2.09. The van der Waals surface area contributed by atoms with Gasteiger partial charge < -0.3 is 9.09 Å². The summed E-state index contributed by atoms with van der Waals surface area (Å²) in [6.07, 6.45) is 8.98. The van der Waals surface area contributed by atoms with Crippen LogP contribution >= 0.6 is 0 Å². The van der Waals surface area contributed by atoms with E-state index in [2.05, 4.69) is 36.8 Å². The van der Waals surface area contributed by atoms with E-state index in [1.54, 1.807) is 12.4 Å². The Morgan fingerprint density at radius 3 is 2.56 bits per heavy atom. The smallest absolute Gasteiger partial charge is 0.229 e. The maximum Gasteiger partial charge on any atom is 0.229 e. The Labute approximate surface area is 156 Å². The van der Waals surface area contributed by atoms with Crippen LogP contribution in [0.25, 0.3) is 22.5 Å². The van der Waals surface area contributed by atoms with Crippen LogP contribution in [0.1, 0.15) is 36.9 Å². The van der Waals surface area contributed by atoms with Crippen molar-refractivity contribution in [3.05, 3.63) is 72.9 Å². The third-order valence-corrected chi connectivity index (χ3v) is 5.09. The van der Waals surface area contributed by atoms with Gasteiger partial charge >= 0.3 is 0 Å². The van der Waals surface area contributed by atoms with Gasteiger partial charge in [0.15, 0.2) is 5.82 Å². The molecule has 5 rings (SSSR count). The normalized spacial score (nSPS) is 14.2. The molecule has 0 atom stereocenters. The summed E-state index contributed by atoms with van der Waals surface area (Å²) in [5, 5.41) is 4.18. The van der Waals surface area contributed by atoms with Gasteiger partial charge in [-0.2, -0.15) is 4.98 Å². The second-order valence-electron chi connectivity index (χ2n) is 6.85. The standard InChI is InChI=1S/C21H19N5O/c1-2-5-15(6-3-1)19-20(16-9-11-22-12-10-16)26(14-23-19)13-18-24-21(27-25-18)17-7-4-8-17/h1-3,5-6,9-12,14,17H,4,7-8,13H2. The lowest BCUT2D eigenvalue weighted by molar-refractivity contribution is 0.291. The predicted octanol–water partition coefficient (Wildman–Crippen LogP) is 4.31. The van der Waals surface area contributed by atoms with Crippen LogP contribution in [0, 0.1) is 0 Å². The van der Waals surface area contributed by atoms with E-state index in [9.17, 15) is 0 Å². The molecule has 1 aliphatic carbocycles. The Morgan fingerprint density at radius 2 is 1.81 bits per heavy atom. The molecule has 6 nitrogen and oxygen atoms in total. The van der Waals surface area contributed by atoms with Crippen molar-refractivity contribution in [2.75, 3.05) is 0 Å². The van der Waals surface area contributed by atoms with Gasteiger partial charge in [-0.3, -0.25) is 4.98 Å². The topological polar surface area (TPSA) is 69.6 Å². The fourth-order valence-corrected chi connectivity index (χ4v) is 3.43. The highest BCUT2D eigenvalue weighted by atomic mass is 16.5. The summed E-state index contributed by atoms with van der Waals surface area (Å²) in [5.74, 6) is 1.89. The molecule has 1 aliphatic rings. The molecule has 0 bridgehead atoms. The van der Waals surface area contributed by atoms with Crippen molar-refractivity contribution in [2.24, 2.45) is 0 Å². The number of benzene rings is 1. The van der Waals surface area contributed by atoms with Gasteiger partial charge in [0.05, 0.1) is 24.3 Å². The van der Waals surface area contributed by atoms with Gasteiger partial charge in [-0.25, -0.2) is 4.98 Å². The molecule has 0 aliphatic heterocycles. The van der Waals surface area contributed by atoms with Crippen LogP contribution < -0.4 is 0 Å². The van der Waals surface area contributed by atoms with E-state index < -0.39 is 0 Å². The summed E-state index contributed by atoms with van der Waals surface area (Å²) in [5.41, 5.74) is 4.10. The molecule has 0 radical (unpaired) electrons. The first kappa shape index (κ1) is 15.9. The molecule has 0 N–H and O–H groups in total. The van der Waals surface area contributed by atoms with Crippen LogP contribution in [0.15, 0.2) is 65.7 Å².